The molecule has 5 rings (SSSR count). The molecule has 36 heavy (non-hydrogen) atoms. The van der Waals surface area contributed by atoms with Crippen molar-refractivity contribution >= 4 is 67.3 Å². The maximum absolute atomic E-state index is 12.7. The molecular weight excluding hydrogens is 546 g/mol. The molecule has 0 bridgehead atoms. The van der Waals surface area contributed by atoms with Gasteiger partial charge in [-0.3, -0.25) is 20.2 Å². The van der Waals surface area contributed by atoms with Crippen LogP contribution < -0.4 is 15.5 Å². The van der Waals surface area contributed by atoms with E-state index in [1.165, 1.54) is 6.07 Å². The SMILES string of the molecule is O=C(NC(=S)Nc1ccc2oc(-c3cccc(Br)c3)nc2c1)c1ccc(N2CCCC2)c([N+](=O)[O-])c1. The molecule has 0 aliphatic carbocycles. The fourth-order valence-corrected chi connectivity index (χ4v) is 4.73. The molecule has 4 aromatic rings. The van der Waals surface area contributed by atoms with Crippen molar-refractivity contribution in [2.45, 2.75) is 12.8 Å². The van der Waals surface area contributed by atoms with Gasteiger partial charge in [0.05, 0.1) is 4.92 Å². The molecule has 0 unspecified atom stereocenters. The molecule has 182 valence electrons. The lowest BCUT2D eigenvalue weighted by atomic mass is 10.1. The number of amides is 1. The molecule has 1 aliphatic heterocycles. The van der Waals surface area contributed by atoms with E-state index in [1.807, 2.05) is 29.2 Å². The number of benzene rings is 3. The van der Waals surface area contributed by atoms with Gasteiger partial charge in [0, 0.05) is 40.4 Å². The van der Waals surface area contributed by atoms with Crippen LogP contribution >= 0.6 is 28.1 Å². The van der Waals surface area contributed by atoms with Crippen LogP contribution in [0.2, 0.25) is 0 Å². The van der Waals surface area contributed by atoms with E-state index in [-0.39, 0.29) is 16.4 Å². The normalized spacial score (nSPS) is 13.1. The summed E-state index contributed by atoms with van der Waals surface area (Å²) in [5.74, 6) is -0.0543. The van der Waals surface area contributed by atoms with Crippen LogP contribution in [-0.4, -0.2) is 34.0 Å². The van der Waals surface area contributed by atoms with Crippen LogP contribution in [-0.2, 0) is 0 Å². The first-order chi connectivity index (χ1) is 17.4. The van der Waals surface area contributed by atoms with Crippen molar-refractivity contribution < 1.29 is 14.1 Å². The standard InChI is InChI=1S/C25H20BrN5O4S/c26-17-5-3-4-16(12-17)24-28-19-14-18(7-9-22(19)35-24)27-25(36)29-23(32)15-6-8-20(21(13-15)31(33)34)30-10-1-2-11-30/h3-9,12-14H,1-2,10-11H2,(H2,27,29,32,36). The van der Waals surface area contributed by atoms with E-state index in [2.05, 4.69) is 31.5 Å². The first-order valence-corrected chi connectivity index (χ1v) is 12.4. The number of rotatable bonds is 5. The molecule has 9 nitrogen and oxygen atoms in total. The predicted molar refractivity (Wildman–Crippen MR) is 145 cm³/mol. The Hall–Kier alpha value is -3.83. The average molecular weight is 566 g/mol. The van der Waals surface area contributed by atoms with Gasteiger partial charge in [0.1, 0.15) is 11.2 Å². The lowest BCUT2D eigenvalue weighted by Crippen LogP contribution is -2.34. The van der Waals surface area contributed by atoms with Crippen molar-refractivity contribution in [3.05, 3.63) is 80.8 Å². The highest BCUT2D eigenvalue weighted by Crippen LogP contribution is 2.32. The Bertz CT molecular complexity index is 1500. The molecule has 1 saturated heterocycles. The highest BCUT2D eigenvalue weighted by molar-refractivity contribution is 9.10. The summed E-state index contributed by atoms with van der Waals surface area (Å²) in [4.78, 5) is 30.4. The molecule has 0 radical (unpaired) electrons. The lowest BCUT2D eigenvalue weighted by molar-refractivity contribution is -0.384. The van der Waals surface area contributed by atoms with Crippen LogP contribution in [0.5, 0.6) is 0 Å². The Balaban J connectivity index is 1.29. The van der Waals surface area contributed by atoms with E-state index in [0.29, 0.717) is 28.4 Å². The first-order valence-electron chi connectivity index (χ1n) is 11.2. The van der Waals surface area contributed by atoms with Crippen molar-refractivity contribution in [1.29, 1.82) is 0 Å². The third-order valence-corrected chi connectivity index (χ3v) is 6.52. The average Bonchev–Trinajstić information content (AvgIpc) is 3.53. The number of fused-ring (bicyclic) bond motifs is 1. The van der Waals surface area contributed by atoms with E-state index in [9.17, 15) is 14.9 Å². The molecule has 0 spiro atoms. The Morgan fingerprint density at radius 1 is 1.11 bits per heavy atom. The number of nitrogens with one attached hydrogen (secondary N) is 2. The molecule has 1 aliphatic rings. The van der Waals surface area contributed by atoms with Gasteiger partial charge in [-0.15, -0.1) is 0 Å². The summed E-state index contributed by atoms with van der Waals surface area (Å²) in [6.07, 6.45) is 1.98. The van der Waals surface area contributed by atoms with Gasteiger partial charge >= 0.3 is 0 Å². The lowest BCUT2D eigenvalue weighted by Gasteiger charge is -2.18. The minimum atomic E-state index is -0.539. The molecule has 11 heteroatoms. The molecule has 2 N–H and O–H groups in total. The van der Waals surface area contributed by atoms with Gasteiger partial charge in [-0.1, -0.05) is 22.0 Å². The largest absolute Gasteiger partial charge is 0.436 e. The summed E-state index contributed by atoms with van der Waals surface area (Å²) in [6, 6.07) is 17.4. The zero-order chi connectivity index (χ0) is 25.2. The summed E-state index contributed by atoms with van der Waals surface area (Å²) < 4.78 is 6.77. The van der Waals surface area contributed by atoms with Crippen LogP contribution in [0.25, 0.3) is 22.6 Å². The number of thiocarbonyl (C=S) groups is 1. The van der Waals surface area contributed by atoms with Crippen LogP contribution in [0.15, 0.2) is 69.6 Å². The van der Waals surface area contributed by atoms with Gasteiger partial charge in [-0.05, 0) is 73.6 Å². The number of hydrogen-bond donors (Lipinski definition) is 2. The Morgan fingerprint density at radius 3 is 2.67 bits per heavy atom. The van der Waals surface area contributed by atoms with Crippen molar-refractivity contribution in [1.82, 2.24) is 10.3 Å². The van der Waals surface area contributed by atoms with Crippen molar-refractivity contribution in [2.75, 3.05) is 23.3 Å². The molecular formula is C25H20BrN5O4S. The number of halogens is 1. The highest BCUT2D eigenvalue weighted by Gasteiger charge is 2.24. The highest BCUT2D eigenvalue weighted by atomic mass is 79.9. The number of oxazole rings is 1. The smallest absolute Gasteiger partial charge is 0.293 e. The predicted octanol–water partition coefficient (Wildman–Crippen LogP) is 5.89. The van der Waals surface area contributed by atoms with Gasteiger partial charge < -0.3 is 14.6 Å². The second-order valence-electron chi connectivity index (χ2n) is 8.27. The third kappa shape index (κ3) is 5.07. The van der Waals surface area contributed by atoms with Gasteiger partial charge in [0.2, 0.25) is 5.89 Å². The van der Waals surface area contributed by atoms with E-state index in [0.717, 1.165) is 36.0 Å². The van der Waals surface area contributed by atoms with Crippen molar-refractivity contribution in [2.24, 2.45) is 0 Å². The molecule has 1 amide bonds. The van der Waals surface area contributed by atoms with Gasteiger partial charge in [-0.25, -0.2) is 4.98 Å². The Morgan fingerprint density at radius 2 is 1.92 bits per heavy atom. The molecule has 1 fully saturated rings. The third-order valence-electron chi connectivity index (χ3n) is 5.83. The maximum Gasteiger partial charge on any atom is 0.293 e. The molecule has 2 heterocycles. The van der Waals surface area contributed by atoms with Gasteiger partial charge in [0.15, 0.2) is 10.7 Å². The number of nitro groups is 1. The van der Waals surface area contributed by atoms with Crippen molar-refractivity contribution in [3.8, 4) is 11.5 Å². The summed E-state index contributed by atoms with van der Waals surface area (Å²) in [5, 5.41) is 17.2. The number of nitrogens with zero attached hydrogens (tertiary/aromatic N) is 3. The first kappa shape index (κ1) is 23.9. The van der Waals surface area contributed by atoms with E-state index >= 15 is 0 Å². The number of carbonyl (C=O) groups excluding carboxylic acids is 1. The maximum atomic E-state index is 12.7. The van der Waals surface area contributed by atoms with Crippen LogP contribution in [0, 0.1) is 10.1 Å². The summed E-state index contributed by atoms with van der Waals surface area (Å²) in [7, 11) is 0. The monoisotopic (exact) mass is 565 g/mol. The zero-order valence-electron chi connectivity index (χ0n) is 18.9. The second-order valence-corrected chi connectivity index (χ2v) is 9.60. The van der Waals surface area contributed by atoms with Gasteiger partial charge in [-0.2, -0.15) is 0 Å². The zero-order valence-corrected chi connectivity index (χ0v) is 21.3. The summed E-state index contributed by atoms with van der Waals surface area (Å²) >= 11 is 8.74. The number of nitro benzene ring substituents is 1. The topological polar surface area (TPSA) is 114 Å². The number of anilines is 2. The summed E-state index contributed by atoms with van der Waals surface area (Å²) in [5.41, 5.74) is 3.26. The van der Waals surface area contributed by atoms with Crippen LogP contribution in [0.4, 0.5) is 17.1 Å². The fourth-order valence-electron chi connectivity index (χ4n) is 4.12. The van der Waals surface area contributed by atoms with Gasteiger partial charge in [0.25, 0.3) is 11.6 Å². The Kier molecular flexibility index (Phi) is 6.66. The fraction of sp³-hybridized carbons (Fsp3) is 0.160. The number of aromatic nitrogens is 1. The quantitative estimate of drug-likeness (QED) is 0.175. The molecule has 0 saturated carbocycles. The van der Waals surface area contributed by atoms with E-state index in [1.54, 1.807) is 30.3 Å². The minimum Gasteiger partial charge on any atom is -0.436 e. The number of hydrogen-bond acceptors (Lipinski definition) is 7. The molecule has 3 aromatic carbocycles. The second kappa shape index (κ2) is 10.0. The van der Waals surface area contributed by atoms with E-state index < -0.39 is 10.8 Å². The van der Waals surface area contributed by atoms with Crippen LogP contribution in [0.1, 0.15) is 23.2 Å². The minimum absolute atomic E-state index is 0.0568. The van der Waals surface area contributed by atoms with E-state index in [4.69, 9.17) is 16.6 Å². The van der Waals surface area contributed by atoms with Crippen molar-refractivity contribution in [3.63, 3.8) is 0 Å². The molecule has 0 atom stereocenters. The summed E-state index contributed by atoms with van der Waals surface area (Å²) in [6.45, 7) is 1.53. The Labute approximate surface area is 219 Å². The van der Waals surface area contributed by atoms with Crippen LogP contribution in [0.3, 0.4) is 0 Å². The number of carbonyl (C=O) groups is 1. The molecule has 1 aromatic heterocycles.